The Balaban J connectivity index is 1.78. The van der Waals surface area contributed by atoms with E-state index in [1.165, 1.54) is 36.9 Å². The van der Waals surface area contributed by atoms with E-state index in [4.69, 9.17) is 5.84 Å². The van der Waals surface area contributed by atoms with Crippen LogP contribution in [0.4, 0.5) is 5.69 Å². The molecule has 0 spiro atoms. The molecule has 0 aliphatic heterocycles. The van der Waals surface area contributed by atoms with Crippen molar-refractivity contribution in [2.24, 2.45) is 23.6 Å². The van der Waals surface area contributed by atoms with Crippen LogP contribution in [0.15, 0.2) is 24.3 Å². The lowest BCUT2D eigenvalue weighted by atomic mass is 9.81. The van der Waals surface area contributed by atoms with Crippen LogP contribution in [0.5, 0.6) is 0 Å². The molecule has 2 fully saturated rings. The molecule has 4 unspecified atom stereocenters. The van der Waals surface area contributed by atoms with Gasteiger partial charge in [0.1, 0.15) is 0 Å². The molecule has 3 rings (SSSR count). The van der Waals surface area contributed by atoms with E-state index < -0.39 is 0 Å². The van der Waals surface area contributed by atoms with Gasteiger partial charge in [0.15, 0.2) is 0 Å². The fourth-order valence-corrected chi connectivity index (χ4v) is 4.15. The minimum absolute atomic E-state index is 0.325. The van der Waals surface area contributed by atoms with Crippen LogP contribution in [0.3, 0.4) is 0 Å². The van der Waals surface area contributed by atoms with Gasteiger partial charge in [-0.1, -0.05) is 18.6 Å². The molecule has 19 heavy (non-hydrogen) atoms. The van der Waals surface area contributed by atoms with Crippen molar-refractivity contribution in [2.45, 2.75) is 31.7 Å². The van der Waals surface area contributed by atoms with Crippen molar-refractivity contribution >= 4 is 5.69 Å². The molecule has 2 aliphatic rings. The molecule has 1 aromatic carbocycles. The maximum Gasteiger partial charge on any atom is 0.0490 e. The van der Waals surface area contributed by atoms with E-state index in [1.54, 1.807) is 0 Å². The summed E-state index contributed by atoms with van der Waals surface area (Å²) in [5.74, 6) is 8.44. The lowest BCUT2D eigenvalue weighted by Crippen LogP contribution is -2.35. The molecule has 1 aromatic rings. The summed E-state index contributed by atoms with van der Waals surface area (Å²) in [5.41, 5.74) is 5.66. The number of hydrogen-bond acceptors (Lipinski definition) is 3. The summed E-state index contributed by atoms with van der Waals surface area (Å²) in [6, 6.07) is 9.16. The number of nitrogens with one attached hydrogen (secondary N) is 1. The fraction of sp³-hybridized carbons (Fsp3) is 0.625. The van der Waals surface area contributed by atoms with E-state index in [-0.39, 0.29) is 0 Å². The predicted octanol–water partition coefficient (Wildman–Crippen LogP) is 2.69. The average Bonchev–Trinajstić information content (AvgIpc) is 3.03. The van der Waals surface area contributed by atoms with Gasteiger partial charge in [0, 0.05) is 25.8 Å². The van der Waals surface area contributed by atoms with Gasteiger partial charge in [0.25, 0.3) is 0 Å². The van der Waals surface area contributed by atoms with Crippen molar-refractivity contribution in [2.75, 3.05) is 19.0 Å². The van der Waals surface area contributed by atoms with Gasteiger partial charge in [-0.05, 0) is 54.7 Å². The second kappa shape index (κ2) is 5.14. The predicted molar refractivity (Wildman–Crippen MR) is 79.8 cm³/mol. The Bertz CT molecular complexity index is 426. The van der Waals surface area contributed by atoms with Gasteiger partial charge in [-0.2, -0.15) is 0 Å². The van der Waals surface area contributed by atoms with Crippen molar-refractivity contribution in [1.82, 2.24) is 5.43 Å². The first kappa shape index (κ1) is 12.9. The Hall–Kier alpha value is -1.06. The Morgan fingerprint density at radius 3 is 2.37 bits per heavy atom. The maximum atomic E-state index is 5.85. The summed E-state index contributed by atoms with van der Waals surface area (Å²) in [6.45, 7) is 0. The Morgan fingerprint density at radius 1 is 1.16 bits per heavy atom. The van der Waals surface area contributed by atoms with Gasteiger partial charge in [-0.3, -0.25) is 11.3 Å². The minimum atomic E-state index is 0.325. The topological polar surface area (TPSA) is 41.3 Å². The van der Waals surface area contributed by atoms with Crippen molar-refractivity contribution < 1.29 is 0 Å². The first-order valence-corrected chi connectivity index (χ1v) is 7.42. The third-order valence-corrected chi connectivity index (χ3v) is 5.17. The highest BCUT2D eigenvalue weighted by molar-refractivity contribution is 5.46. The van der Waals surface area contributed by atoms with Crippen molar-refractivity contribution in [3.8, 4) is 0 Å². The second-order valence-electron chi connectivity index (χ2n) is 6.47. The molecule has 2 aliphatic carbocycles. The summed E-state index contributed by atoms with van der Waals surface area (Å²) in [6.07, 6.45) is 5.63. The van der Waals surface area contributed by atoms with Crippen LogP contribution in [-0.2, 0) is 0 Å². The van der Waals surface area contributed by atoms with Crippen molar-refractivity contribution in [3.63, 3.8) is 0 Å². The molecule has 2 bridgehead atoms. The van der Waals surface area contributed by atoms with E-state index in [0.29, 0.717) is 6.04 Å². The number of benzene rings is 1. The van der Waals surface area contributed by atoms with Gasteiger partial charge in [0.2, 0.25) is 0 Å². The number of fused-ring (bicyclic) bond motifs is 2. The summed E-state index contributed by atoms with van der Waals surface area (Å²) < 4.78 is 0. The summed E-state index contributed by atoms with van der Waals surface area (Å²) in [4.78, 5) is 2.13. The van der Waals surface area contributed by atoms with Crippen LogP contribution >= 0.6 is 0 Å². The van der Waals surface area contributed by atoms with E-state index in [1.807, 2.05) is 0 Å². The molecular weight excluding hydrogens is 234 g/mol. The summed E-state index contributed by atoms with van der Waals surface area (Å²) in [5, 5.41) is 0. The minimum Gasteiger partial charge on any atom is -0.378 e. The zero-order valence-corrected chi connectivity index (χ0v) is 12.0. The monoisotopic (exact) mass is 259 g/mol. The highest BCUT2D eigenvalue weighted by Gasteiger charge is 2.43. The van der Waals surface area contributed by atoms with Crippen LogP contribution in [0.25, 0.3) is 0 Å². The van der Waals surface area contributed by atoms with Crippen LogP contribution in [0.2, 0.25) is 0 Å². The SMILES string of the molecule is CN(C)c1ccc(C(NN)C2CC3CCC2C3)cc1. The maximum absolute atomic E-state index is 5.85. The summed E-state index contributed by atoms with van der Waals surface area (Å²) in [7, 11) is 4.15. The van der Waals surface area contributed by atoms with E-state index in [2.05, 4.69) is 48.7 Å². The van der Waals surface area contributed by atoms with Crippen LogP contribution in [0, 0.1) is 17.8 Å². The number of rotatable bonds is 4. The third-order valence-electron chi connectivity index (χ3n) is 5.17. The highest BCUT2D eigenvalue weighted by atomic mass is 15.2. The lowest BCUT2D eigenvalue weighted by molar-refractivity contribution is 0.252. The highest BCUT2D eigenvalue weighted by Crippen LogP contribution is 2.52. The quantitative estimate of drug-likeness (QED) is 0.645. The molecular formula is C16H25N3. The van der Waals surface area contributed by atoms with Gasteiger partial charge in [-0.25, -0.2) is 0 Å². The molecule has 0 saturated heterocycles. The van der Waals surface area contributed by atoms with E-state index in [9.17, 15) is 0 Å². The molecule has 104 valence electrons. The molecule has 0 amide bonds. The Labute approximate surface area is 116 Å². The number of anilines is 1. The van der Waals surface area contributed by atoms with Crippen LogP contribution in [-0.4, -0.2) is 14.1 Å². The fourth-order valence-electron chi connectivity index (χ4n) is 4.15. The van der Waals surface area contributed by atoms with Gasteiger partial charge in [0.05, 0.1) is 0 Å². The lowest BCUT2D eigenvalue weighted by Gasteiger charge is -2.30. The van der Waals surface area contributed by atoms with Crippen LogP contribution < -0.4 is 16.2 Å². The molecule has 0 heterocycles. The first-order chi connectivity index (χ1) is 9.19. The Morgan fingerprint density at radius 2 is 1.89 bits per heavy atom. The number of hydrazine groups is 1. The van der Waals surface area contributed by atoms with Crippen molar-refractivity contribution in [3.05, 3.63) is 29.8 Å². The smallest absolute Gasteiger partial charge is 0.0490 e. The molecule has 4 atom stereocenters. The molecule has 0 aromatic heterocycles. The van der Waals surface area contributed by atoms with Gasteiger partial charge >= 0.3 is 0 Å². The Kier molecular flexibility index (Phi) is 3.50. The number of nitrogens with zero attached hydrogens (tertiary/aromatic N) is 1. The van der Waals surface area contributed by atoms with Crippen molar-refractivity contribution in [1.29, 1.82) is 0 Å². The third kappa shape index (κ3) is 2.37. The normalized spacial score (nSPS) is 30.6. The summed E-state index contributed by atoms with van der Waals surface area (Å²) >= 11 is 0. The standard InChI is InChI=1S/C16H25N3/c1-19(2)14-7-5-12(6-8-14)16(18-17)15-10-11-3-4-13(15)9-11/h5-8,11,13,15-16,18H,3-4,9-10,17H2,1-2H3. The average molecular weight is 259 g/mol. The zero-order chi connectivity index (χ0) is 13.4. The molecule has 2 saturated carbocycles. The molecule has 3 heteroatoms. The number of hydrogen-bond donors (Lipinski definition) is 2. The van der Waals surface area contributed by atoms with Gasteiger partial charge < -0.3 is 4.90 Å². The van der Waals surface area contributed by atoms with Gasteiger partial charge in [-0.15, -0.1) is 0 Å². The molecule has 3 N–H and O–H groups in total. The van der Waals surface area contributed by atoms with E-state index >= 15 is 0 Å². The van der Waals surface area contributed by atoms with E-state index in [0.717, 1.165) is 17.8 Å². The molecule has 3 nitrogen and oxygen atoms in total. The van der Waals surface area contributed by atoms with Crippen LogP contribution in [0.1, 0.15) is 37.3 Å². The molecule has 0 radical (unpaired) electrons. The number of nitrogens with two attached hydrogens (primary N) is 1. The zero-order valence-electron chi connectivity index (χ0n) is 12.0. The first-order valence-electron chi connectivity index (χ1n) is 7.42. The second-order valence-corrected chi connectivity index (χ2v) is 6.47. The largest absolute Gasteiger partial charge is 0.378 e.